The molecular weight excluding hydrogens is 314 g/mol. The van der Waals surface area contributed by atoms with Crippen LogP contribution in [0.4, 0.5) is 0 Å². The minimum absolute atomic E-state index is 0.102. The van der Waals surface area contributed by atoms with Crippen molar-refractivity contribution < 1.29 is 23.9 Å². The fourth-order valence-corrected chi connectivity index (χ4v) is 2.38. The first-order valence-electron chi connectivity index (χ1n) is 8.07. The molecule has 1 heterocycles. The zero-order chi connectivity index (χ0) is 18.0. The van der Waals surface area contributed by atoms with E-state index in [1.807, 2.05) is 0 Å². The molecule has 134 valence electrons. The number of amides is 1. The average molecular weight is 339 g/mol. The van der Waals surface area contributed by atoms with Crippen molar-refractivity contribution in [3.8, 4) is 0 Å². The molecule has 0 aliphatic rings. The van der Waals surface area contributed by atoms with Crippen LogP contribution in [0.15, 0.2) is 12.4 Å². The number of ether oxygens (including phenoxy) is 2. The Morgan fingerprint density at radius 2 is 1.79 bits per heavy atom. The molecule has 24 heavy (non-hydrogen) atoms. The number of hydrogen-bond acceptors (Lipinski definition) is 6. The van der Waals surface area contributed by atoms with E-state index in [0.717, 1.165) is 5.82 Å². The number of rotatable bonds is 10. The van der Waals surface area contributed by atoms with Gasteiger partial charge >= 0.3 is 11.9 Å². The second-order valence-corrected chi connectivity index (χ2v) is 5.27. The molecule has 1 rings (SSSR count). The van der Waals surface area contributed by atoms with Gasteiger partial charge in [-0.15, -0.1) is 0 Å². The third kappa shape index (κ3) is 5.36. The molecule has 0 atom stereocenters. The van der Waals surface area contributed by atoms with Crippen molar-refractivity contribution in [3.05, 3.63) is 18.2 Å². The Labute approximate surface area is 141 Å². The lowest BCUT2D eigenvalue weighted by Crippen LogP contribution is -2.61. The van der Waals surface area contributed by atoms with Gasteiger partial charge in [0.2, 0.25) is 11.4 Å². The maximum atomic E-state index is 12.4. The van der Waals surface area contributed by atoms with E-state index in [9.17, 15) is 14.4 Å². The molecule has 8 heteroatoms. The van der Waals surface area contributed by atoms with Gasteiger partial charge in [0.05, 0.1) is 13.2 Å². The van der Waals surface area contributed by atoms with Crippen LogP contribution in [0, 0.1) is 0 Å². The molecule has 0 aromatic carbocycles. The van der Waals surface area contributed by atoms with Crippen molar-refractivity contribution in [2.24, 2.45) is 0 Å². The predicted molar refractivity (Wildman–Crippen MR) is 86.0 cm³/mol. The number of carbonyl (C=O) groups is 3. The van der Waals surface area contributed by atoms with E-state index in [-0.39, 0.29) is 19.6 Å². The van der Waals surface area contributed by atoms with Crippen molar-refractivity contribution in [2.75, 3.05) is 13.2 Å². The number of nitrogens with one attached hydrogen (secondary N) is 2. The summed E-state index contributed by atoms with van der Waals surface area (Å²) in [5, 5.41) is 2.44. The van der Waals surface area contributed by atoms with Gasteiger partial charge in [-0.1, -0.05) is 0 Å². The zero-order valence-electron chi connectivity index (χ0n) is 14.4. The third-order valence-corrected chi connectivity index (χ3v) is 3.41. The number of aromatic nitrogens is 2. The van der Waals surface area contributed by atoms with Crippen molar-refractivity contribution in [1.82, 2.24) is 15.3 Å². The number of nitrogens with zero attached hydrogens (tertiary/aromatic N) is 1. The molecule has 1 aromatic rings. The second-order valence-electron chi connectivity index (χ2n) is 5.27. The standard InChI is InChI=1S/C16H25N3O5/c1-4-23-14(21)16(19-12(3)20,15(22)24-5-2)9-7-6-8-13-17-10-11-18-13/h10-11H,4-9H2,1-3H3,(H,17,18)(H,19,20). The predicted octanol–water partition coefficient (Wildman–Crippen LogP) is 1.12. The van der Waals surface area contributed by atoms with Gasteiger partial charge in [-0.3, -0.25) is 4.79 Å². The molecule has 1 aromatic heterocycles. The van der Waals surface area contributed by atoms with Crippen LogP contribution in [0.25, 0.3) is 0 Å². The number of esters is 2. The van der Waals surface area contributed by atoms with Gasteiger partial charge in [-0.25, -0.2) is 14.6 Å². The topological polar surface area (TPSA) is 110 Å². The first-order valence-corrected chi connectivity index (χ1v) is 8.07. The van der Waals surface area contributed by atoms with Crippen LogP contribution in [-0.4, -0.2) is 46.6 Å². The van der Waals surface area contributed by atoms with Gasteiger partial charge in [0.1, 0.15) is 5.82 Å². The van der Waals surface area contributed by atoms with Crippen LogP contribution in [0.2, 0.25) is 0 Å². The Bertz CT molecular complexity index is 524. The highest BCUT2D eigenvalue weighted by molar-refractivity contribution is 6.07. The summed E-state index contributed by atoms with van der Waals surface area (Å²) in [6, 6.07) is 0. The maximum absolute atomic E-state index is 12.4. The third-order valence-electron chi connectivity index (χ3n) is 3.41. The summed E-state index contributed by atoms with van der Waals surface area (Å²) in [6.45, 7) is 4.73. The Morgan fingerprint density at radius 3 is 2.25 bits per heavy atom. The van der Waals surface area contributed by atoms with Gasteiger partial charge in [-0.2, -0.15) is 0 Å². The van der Waals surface area contributed by atoms with E-state index in [2.05, 4.69) is 15.3 Å². The quantitative estimate of drug-likeness (QED) is 0.375. The molecular formula is C16H25N3O5. The first kappa shape index (κ1) is 19.7. The lowest BCUT2D eigenvalue weighted by atomic mass is 9.91. The van der Waals surface area contributed by atoms with Crippen molar-refractivity contribution >= 4 is 17.8 Å². The Hall–Kier alpha value is -2.38. The van der Waals surface area contributed by atoms with Gasteiger partial charge in [0.15, 0.2) is 0 Å². The zero-order valence-corrected chi connectivity index (χ0v) is 14.4. The molecule has 0 fully saturated rings. The highest BCUT2D eigenvalue weighted by Gasteiger charge is 2.49. The number of carbonyl (C=O) groups excluding carboxylic acids is 3. The molecule has 0 saturated carbocycles. The number of hydrogen-bond donors (Lipinski definition) is 2. The Balaban J connectivity index is 2.84. The summed E-state index contributed by atoms with van der Waals surface area (Å²) in [4.78, 5) is 43.4. The molecule has 0 saturated heterocycles. The fraction of sp³-hybridized carbons (Fsp3) is 0.625. The number of aryl methyl sites for hydroxylation is 1. The average Bonchev–Trinajstić information content (AvgIpc) is 3.03. The highest BCUT2D eigenvalue weighted by Crippen LogP contribution is 2.20. The normalized spacial score (nSPS) is 11.0. The van der Waals surface area contributed by atoms with Crippen molar-refractivity contribution in [2.45, 2.75) is 52.0 Å². The van der Waals surface area contributed by atoms with Crippen molar-refractivity contribution in [1.29, 1.82) is 0 Å². The van der Waals surface area contributed by atoms with Crippen LogP contribution in [0.3, 0.4) is 0 Å². The molecule has 0 spiro atoms. The highest BCUT2D eigenvalue weighted by atomic mass is 16.6. The monoisotopic (exact) mass is 339 g/mol. The summed E-state index contributed by atoms with van der Waals surface area (Å²) < 4.78 is 10.0. The molecule has 0 aliphatic heterocycles. The molecule has 0 radical (unpaired) electrons. The summed E-state index contributed by atoms with van der Waals surface area (Å²) in [6.07, 6.45) is 5.37. The Kier molecular flexibility index (Phi) is 7.94. The minimum atomic E-state index is -1.80. The van der Waals surface area contributed by atoms with Gasteiger partial charge in [-0.05, 0) is 33.1 Å². The second kappa shape index (κ2) is 9.69. The summed E-state index contributed by atoms with van der Waals surface area (Å²) >= 11 is 0. The molecule has 0 aliphatic carbocycles. The number of imidazole rings is 1. The van der Waals surface area contributed by atoms with Crippen LogP contribution in [-0.2, 0) is 30.3 Å². The first-order chi connectivity index (χ1) is 11.5. The summed E-state index contributed by atoms with van der Waals surface area (Å²) in [5.41, 5.74) is -1.80. The summed E-state index contributed by atoms with van der Waals surface area (Å²) in [5.74, 6) is -1.26. The minimum Gasteiger partial charge on any atom is -0.464 e. The van der Waals surface area contributed by atoms with E-state index >= 15 is 0 Å². The largest absolute Gasteiger partial charge is 0.464 e. The SMILES string of the molecule is CCOC(=O)C(CCCCc1ncc[nH]1)(NC(C)=O)C(=O)OCC. The van der Waals surface area contributed by atoms with Gasteiger partial charge < -0.3 is 19.8 Å². The van der Waals surface area contributed by atoms with E-state index in [0.29, 0.717) is 19.3 Å². The van der Waals surface area contributed by atoms with E-state index in [1.165, 1.54) is 6.92 Å². The Morgan fingerprint density at radius 1 is 1.17 bits per heavy atom. The van der Waals surface area contributed by atoms with Crippen LogP contribution >= 0.6 is 0 Å². The number of unbranched alkanes of at least 4 members (excludes halogenated alkanes) is 1. The lowest BCUT2D eigenvalue weighted by Gasteiger charge is -2.29. The van der Waals surface area contributed by atoms with E-state index in [4.69, 9.17) is 9.47 Å². The maximum Gasteiger partial charge on any atom is 0.343 e. The lowest BCUT2D eigenvalue weighted by molar-refractivity contribution is -0.168. The van der Waals surface area contributed by atoms with Gasteiger partial charge in [0, 0.05) is 25.7 Å². The van der Waals surface area contributed by atoms with E-state index < -0.39 is 23.4 Å². The number of aromatic amines is 1. The molecule has 0 bridgehead atoms. The molecule has 8 nitrogen and oxygen atoms in total. The van der Waals surface area contributed by atoms with Crippen LogP contribution < -0.4 is 5.32 Å². The fourth-order valence-electron chi connectivity index (χ4n) is 2.38. The van der Waals surface area contributed by atoms with Gasteiger partial charge in [0.25, 0.3) is 0 Å². The molecule has 1 amide bonds. The van der Waals surface area contributed by atoms with Crippen LogP contribution in [0.5, 0.6) is 0 Å². The van der Waals surface area contributed by atoms with Crippen LogP contribution in [0.1, 0.15) is 45.9 Å². The summed E-state index contributed by atoms with van der Waals surface area (Å²) in [7, 11) is 0. The van der Waals surface area contributed by atoms with Crippen molar-refractivity contribution in [3.63, 3.8) is 0 Å². The molecule has 0 unspecified atom stereocenters. The molecule has 2 N–H and O–H groups in total. The van der Waals surface area contributed by atoms with E-state index in [1.54, 1.807) is 26.2 Å². The smallest absolute Gasteiger partial charge is 0.343 e. The number of H-pyrrole nitrogens is 1.